The molecule has 1 aromatic rings. The molecule has 0 fully saturated rings. The van der Waals surface area contributed by atoms with Crippen molar-refractivity contribution in [2.24, 2.45) is 5.73 Å². The molecule has 6 heteroatoms. The molecule has 0 bridgehead atoms. The van der Waals surface area contributed by atoms with E-state index in [1.807, 2.05) is 26.2 Å². The lowest BCUT2D eigenvalue weighted by molar-refractivity contribution is -0.134. The van der Waals surface area contributed by atoms with Gasteiger partial charge in [-0.2, -0.15) is 5.06 Å². The number of ether oxygens (including phenoxy) is 2. The van der Waals surface area contributed by atoms with Gasteiger partial charge in [0.1, 0.15) is 6.61 Å². The van der Waals surface area contributed by atoms with E-state index in [0.29, 0.717) is 38.9 Å². The lowest BCUT2D eigenvalue weighted by Crippen LogP contribution is -2.17. The maximum absolute atomic E-state index is 5.53. The molecule has 0 spiro atoms. The third-order valence-electron chi connectivity index (χ3n) is 2.09. The monoisotopic (exact) mass is 255 g/mol. The number of nitrogens with zero attached hydrogens (tertiary/aromatic N) is 2. The Hall–Kier alpha value is -1.21. The smallest absolute Gasteiger partial charge is 0.213 e. The molecule has 0 aromatic carbocycles. The summed E-state index contributed by atoms with van der Waals surface area (Å²) in [5.41, 5.74) is 6.53. The molecule has 1 rings (SSSR count). The summed E-state index contributed by atoms with van der Waals surface area (Å²) in [4.78, 5) is 9.26. The fraction of sp³-hybridized carbons (Fsp3) is 0.583. The van der Waals surface area contributed by atoms with Crippen LogP contribution in [-0.4, -0.2) is 50.6 Å². The molecular weight excluding hydrogens is 234 g/mol. The highest BCUT2D eigenvalue weighted by Crippen LogP contribution is 2.08. The van der Waals surface area contributed by atoms with Gasteiger partial charge >= 0.3 is 0 Å². The minimum absolute atomic E-state index is 0.461. The first-order valence-electron chi connectivity index (χ1n) is 5.88. The van der Waals surface area contributed by atoms with Crippen LogP contribution >= 0.6 is 0 Å². The van der Waals surface area contributed by atoms with Crippen LogP contribution in [0, 0.1) is 0 Å². The fourth-order valence-corrected chi connectivity index (χ4v) is 1.24. The van der Waals surface area contributed by atoms with Crippen LogP contribution < -0.4 is 10.5 Å². The van der Waals surface area contributed by atoms with Crippen molar-refractivity contribution < 1.29 is 14.3 Å². The van der Waals surface area contributed by atoms with E-state index in [4.69, 9.17) is 20.0 Å². The largest absolute Gasteiger partial charge is 0.475 e. The first-order valence-corrected chi connectivity index (χ1v) is 5.88. The van der Waals surface area contributed by atoms with Gasteiger partial charge in [0.05, 0.1) is 19.8 Å². The van der Waals surface area contributed by atoms with E-state index in [2.05, 4.69) is 4.98 Å². The van der Waals surface area contributed by atoms with Gasteiger partial charge in [-0.25, -0.2) is 4.98 Å². The zero-order chi connectivity index (χ0) is 13.2. The van der Waals surface area contributed by atoms with Gasteiger partial charge in [0.2, 0.25) is 5.88 Å². The first kappa shape index (κ1) is 14.8. The van der Waals surface area contributed by atoms with Gasteiger partial charge in [0.25, 0.3) is 0 Å². The fourth-order valence-electron chi connectivity index (χ4n) is 1.24. The number of hydrogen-bond acceptors (Lipinski definition) is 6. The topological polar surface area (TPSA) is 69.8 Å². The summed E-state index contributed by atoms with van der Waals surface area (Å²) in [6.07, 6.45) is 1.68. The number of pyridine rings is 1. The van der Waals surface area contributed by atoms with Gasteiger partial charge in [-0.15, -0.1) is 0 Å². The van der Waals surface area contributed by atoms with Gasteiger partial charge < -0.3 is 15.2 Å². The molecule has 0 radical (unpaired) electrons. The summed E-state index contributed by atoms with van der Waals surface area (Å²) in [6, 6.07) is 3.69. The van der Waals surface area contributed by atoms with E-state index in [-0.39, 0.29) is 0 Å². The van der Waals surface area contributed by atoms with Gasteiger partial charge in [0, 0.05) is 32.9 Å². The average molecular weight is 255 g/mol. The number of hydrogen-bond donors (Lipinski definition) is 1. The quantitative estimate of drug-likeness (QED) is 0.510. The highest BCUT2D eigenvalue weighted by molar-refractivity contribution is 5.19. The normalized spacial score (nSPS) is 10.9. The Bertz CT molecular complexity index is 334. The second-order valence-electron chi connectivity index (χ2n) is 3.81. The second kappa shape index (κ2) is 8.82. The van der Waals surface area contributed by atoms with Crippen LogP contribution in [-0.2, 0) is 16.1 Å². The van der Waals surface area contributed by atoms with Crippen molar-refractivity contribution in [2.45, 2.75) is 6.54 Å². The van der Waals surface area contributed by atoms with Crippen LogP contribution in [0.1, 0.15) is 5.56 Å². The lowest BCUT2D eigenvalue weighted by Gasteiger charge is -2.10. The van der Waals surface area contributed by atoms with Gasteiger partial charge in [-0.3, -0.25) is 4.84 Å². The summed E-state index contributed by atoms with van der Waals surface area (Å²) in [5.74, 6) is 0.575. The van der Waals surface area contributed by atoms with Crippen molar-refractivity contribution in [1.29, 1.82) is 0 Å². The third-order valence-corrected chi connectivity index (χ3v) is 2.09. The SMILES string of the molecule is CN(C)OCCOCCOc1cc(CN)ccn1. The van der Waals surface area contributed by atoms with E-state index < -0.39 is 0 Å². The van der Waals surface area contributed by atoms with Crippen LogP contribution in [0.3, 0.4) is 0 Å². The first-order chi connectivity index (χ1) is 8.72. The van der Waals surface area contributed by atoms with Gasteiger partial charge in [0.15, 0.2) is 0 Å². The van der Waals surface area contributed by atoms with E-state index in [1.54, 1.807) is 11.3 Å². The molecule has 0 aliphatic rings. The molecule has 0 unspecified atom stereocenters. The third kappa shape index (κ3) is 6.51. The molecule has 1 heterocycles. The summed E-state index contributed by atoms with van der Waals surface area (Å²) < 4.78 is 10.8. The zero-order valence-corrected chi connectivity index (χ0v) is 11.0. The van der Waals surface area contributed by atoms with E-state index in [0.717, 1.165) is 5.56 Å². The lowest BCUT2D eigenvalue weighted by atomic mass is 10.3. The molecule has 0 saturated carbocycles. The maximum Gasteiger partial charge on any atom is 0.213 e. The maximum atomic E-state index is 5.53. The molecule has 0 amide bonds. The molecule has 2 N–H and O–H groups in total. The van der Waals surface area contributed by atoms with E-state index >= 15 is 0 Å². The second-order valence-corrected chi connectivity index (χ2v) is 3.81. The summed E-state index contributed by atoms with van der Waals surface area (Å²) in [7, 11) is 3.67. The molecule has 0 saturated heterocycles. The molecular formula is C12H21N3O3. The summed E-state index contributed by atoms with van der Waals surface area (Å²) in [6.45, 7) is 2.53. The predicted molar refractivity (Wildman–Crippen MR) is 68.1 cm³/mol. The molecule has 102 valence electrons. The van der Waals surface area contributed by atoms with Crippen molar-refractivity contribution in [2.75, 3.05) is 40.5 Å². The molecule has 1 aromatic heterocycles. The standard InChI is InChI=1S/C12H21N3O3/c1-15(2)18-8-6-16-5-7-17-12-9-11(10-13)3-4-14-12/h3-4,9H,5-8,10,13H2,1-2H3. The Morgan fingerprint density at radius 3 is 2.72 bits per heavy atom. The predicted octanol–water partition coefficient (Wildman–Crippen LogP) is 0.429. The Kier molecular flexibility index (Phi) is 7.28. The molecule has 6 nitrogen and oxygen atoms in total. The van der Waals surface area contributed by atoms with Crippen molar-refractivity contribution in [3.63, 3.8) is 0 Å². The minimum Gasteiger partial charge on any atom is -0.475 e. The van der Waals surface area contributed by atoms with Crippen molar-refractivity contribution >= 4 is 0 Å². The Balaban J connectivity index is 2.06. The molecule has 0 aliphatic carbocycles. The van der Waals surface area contributed by atoms with Crippen LogP contribution in [0.2, 0.25) is 0 Å². The zero-order valence-electron chi connectivity index (χ0n) is 11.0. The van der Waals surface area contributed by atoms with E-state index in [9.17, 15) is 0 Å². The Morgan fingerprint density at radius 1 is 1.22 bits per heavy atom. The number of hydroxylamine groups is 2. The van der Waals surface area contributed by atoms with Crippen LogP contribution in [0.15, 0.2) is 18.3 Å². The van der Waals surface area contributed by atoms with Crippen molar-refractivity contribution in [3.8, 4) is 5.88 Å². The summed E-state index contributed by atoms with van der Waals surface area (Å²) in [5, 5.41) is 1.64. The Labute approximate surface area is 108 Å². The molecule has 0 aliphatic heterocycles. The van der Waals surface area contributed by atoms with Crippen molar-refractivity contribution in [1.82, 2.24) is 10.0 Å². The van der Waals surface area contributed by atoms with Gasteiger partial charge in [-0.05, 0) is 11.6 Å². The van der Waals surface area contributed by atoms with E-state index in [1.165, 1.54) is 0 Å². The summed E-state index contributed by atoms with van der Waals surface area (Å²) >= 11 is 0. The minimum atomic E-state index is 0.461. The van der Waals surface area contributed by atoms with Crippen molar-refractivity contribution in [3.05, 3.63) is 23.9 Å². The Morgan fingerprint density at radius 2 is 2.00 bits per heavy atom. The number of nitrogens with two attached hydrogens (primary N) is 1. The number of aromatic nitrogens is 1. The number of rotatable bonds is 9. The van der Waals surface area contributed by atoms with Crippen LogP contribution in [0.25, 0.3) is 0 Å². The van der Waals surface area contributed by atoms with Crippen LogP contribution in [0.5, 0.6) is 5.88 Å². The van der Waals surface area contributed by atoms with Crippen LogP contribution in [0.4, 0.5) is 0 Å². The average Bonchev–Trinajstić information content (AvgIpc) is 2.37. The molecule has 0 atom stereocenters. The van der Waals surface area contributed by atoms with Gasteiger partial charge in [-0.1, -0.05) is 0 Å². The molecule has 18 heavy (non-hydrogen) atoms. The highest BCUT2D eigenvalue weighted by atomic mass is 16.7. The highest BCUT2D eigenvalue weighted by Gasteiger charge is 1.97.